The van der Waals surface area contributed by atoms with Crippen LogP contribution in [0.2, 0.25) is 0 Å². The van der Waals surface area contributed by atoms with Gasteiger partial charge < -0.3 is 31.2 Å². The van der Waals surface area contributed by atoms with Crippen LogP contribution in [0.15, 0.2) is 24.4 Å². The van der Waals surface area contributed by atoms with Crippen molar-refractivity contribution in [2.75, 3.05) is 62.0 Å². The van der Waals surface area contributed by atoms with E-state index in [4.69, 9.17) is 15.2 Å². The Balaban J connectivity index is 1.51. The van der Waals surface area contributed by atoms with Crippen LogP contribution in [0.1, 0.15) is 37.8 Å². The predicted octanol–water partition coefficient (Wildman–Crippen LogP) is 2.27. The molecule has 0 amide bonds. The number of nitrogens with two attached hydrogens (primary N) is 1. The predicted molar refractivity (Wildman–Crippen MR) is 126 cm³/mol. The molecular formula is C22H36N8O2. The first-order valence-electron chi connectivity index (χ1n) is 11.6. The first-order valence-corrected chi connectivity index (χ1v) is 11.6. The van der Waals surface area contributed by atoms with E-state index in [0.717, 1.165) is 12.2 Å². The molecule has 0 aromatic carbocycles. The summed E-state index contributed by atoms with van der Waals surface area (Å²) in [6.45, 7) is 4.69. The van der Waals surface area contributed by atoms with Gasteiger partial charge in [-0.2, -0.15) is 15.0 Å². The molecule has 0 unspecified atom stereocenters. The van der Waals surface area contributed by atoms with Crippen molar-refractivity contribution in [1.82, 2.24) is 19.9 Å². The number of hydrogen-bond donors (Lipinski definition) is 4. The van der Waals surface area contributed by atoms with Crippen molar-refractivity contribution in [1.29, 1.82) is 0 Å². The van der Waals surface area contributed by atoms with E-state index in [1.54, 1.807) is 6.20 Å². The van der Waals surface area contributed by atoms with E-state index in [1.807, 2.05) is 18.2 Å². The van der Waals surface area contributed by atoms with Gasteiger partial charge in [-0.05, 0) is 30.9 Å². The summed E-state index contributed by atoms with van der Waals surface area (Å²) < 4.78 is 10.8. The van der Waals surface area contributed by atoms with Gasteiger partial charge >= 0.3 is 0 Å². The molecule has 1 fully saturated rings. The minimum absolute atomic E-state index is 0.510. The summed E-state index contributed by atoms with van der Waals surface area (Å²) in [7, 11) is 0. The molecule has 10 nitrogen and oxygen atoms in total. The number of nitrogens with one attached hydrogen (secondary N) is 3. The molecule has 0 atom stereocenters. The maximum Gasteiger partial charge on any atom is 0.229 e. The third-order valence-electron chi connectivity index (χ3n) is 5.23. The topological polar surface area (TPSA) is 132 Å². The minimum Gasteiger partial charge on any atom is -0.378 e. The number of aromatic nitrogens is 4. The van der Waals surface area contributed by atoms with Crippen molar-refractivity contribution >= 4 is 17.8 Å². The third-order valence-corrected chi connectivity index (χ3v) is 5.23. The Bertz CT molecular complexity index is 759. The third kappa shape index (κ3) is 9.29. The van der Waals surface area contributed by atoms with Crippen molar-refractivity contribution in [2.24, 2.45) is 11.7 Å². The fraction of sp³-hybridized carbons (Fsp3) is 0.636. The monoisotopic (exact) mass is 444 g/mol. The number of ether oxygens (including phenoxy) is 2. The summed E-state index contributed by atoms with van der Waals surface area (Å²) >= 11 is 0. The van der Waals surface area contributed by atoms with Gasteiger partial charge in [0.05, 0.1) is 38.7 Å². The van der Waals surface area contributed by atoms with Gasteiger partial charge in [0.1, 0.15) is 0 Å². The lowest BCUT2D eigenvalue weighted by atomic mass is 9.89. The Hall–Kier alpha value is -2.56. The summed E-state index contributed by atoms with van der Waals surface area (Å²) in [5.74, 6) is 2.28. The first-order chi connectivity index (χ1) is 15.8. The van der Waals surface area contributed by atoms with Crippen LogP contribution in [0, 0.1) is 5.92 Å². The highest BCUT2D eigenvalue weighted by Gasteiger charge is 2.14. The van der Waals surface area contributed by atoms with E-state index in [1.165, 1.54) is 32.1 Å². The Labute approximate surface area is 190 Å². The Morgan fingerprint density at radius 1 is 0.844 bits per heavy atom. The molecule has 0 radical (unpaired) electrons. The van der Waals surface area contributed by atoms with Gasteiger partial charge in [-0.3, -0.25) is 4.98 Å². The lowest BCUT2D eigenvalue weighted by molar-refractivity contribution is 0.0547. The van der Waals surface area contributed by atoms with Gasteiger partial charge in [-0.25, -0.2) is 0 Å². The second-order valence-electron chi connectivity index (χ2n) is 7.81. The van der Waals surface area contributed by atoms with Crippen LogP contribution in [0.3, 0.4) is 0 Å². The van der Waals surface area contributed by atoms with E-state index >= 15 is 0 Å². The fourth-order valence-electron chi connectivity index (χ4n) is 3.55. The summed E-state index contributed by atoms with van der Waals surface area (Å²) in [6.07, 6.45) is 8.27. The Kier molecular flexibility index (Phi) is 10.9. The number of anilines is 3. The fourth-order valence-corrected chi connectivity index (χ4v) is 3.55. The summed E-state index contributed by atoms with van der Waals surface area (Å²) in [5.41, 5.74) is 6.31. The van der Waals surface area contributed by atoms with Crippen molar-refractivity contribution in [3.63, 3.8) is 0 Å². The molecule has 1 aliphatic rings. The van der Waals surface area contributed by atoms with Crippen LogP contribution in [-0.4, -0.2) is 66.0 Å². The molecule has 176 valence electrons. The van der Waals surface area contributed by atoms with E-state index in [2.05, 4.69) is 35.9 Å². The van der Waals surface area contributed by atoms with Crippen molar-refractivity contribution < 1.29 is 9.47 Å². The molecule has 1 aliphatic carbocycles. The van der Waals surface area contributed by atoms with Gasteiger partial charge in [-0.15, -0.1) is 0 Å². The minimum atomic E-state index is 0.510. The average molecular weight is 445 g/mol. The Morgan fingerprint density at radius 3 is 2.28 bits per heavy atom. The van der Waals surface area contributed by atoms with Gasteiger partial charge in [0.15, 0.2) is 0 Å². The largest absolute Gasteiger partial charge is 0.378 e. The zero-order chi connectivity index (χ0) is 22.3. The molecule has 0 bridgehead atoms. The van der Waals surface area contributed by atoms with Gasteiger partial charge in [0, 0.05) is 25.8 Å². The molecule has 10 heteroatoms. The molecular weight excluding hydrogens is 408 g/mol. The molecule has 5 N–H and O–H groups in total. The zero-order valence-electron chi connectivity index (χ0n) is 18.8. The molecule has 0 spiro atoms. The van der Waals surface area contributed by atoms with Crippen LogP contribution >= 0.6 is 0 Å². The van der Waals surface area contributed by atoms with Gasteiger partial charge in [-0.1, -0.05) is 25.3 Å². The Morgan fingerprint density at radius 2 is 1.56 bits per heavy atom. The molecule has 2 aromatic rings. The number of nitrogens with zero attached hydrogens (tertiary/aromatic N) is 4. The lowest BCUT2D eigenvalue weighted by Crippen LogP contribution is -2.20. The average Bonchev–Trinajstić information content (AvgIpc) is 2.84. The van der Waals surface area contributed by atoms with Gasteiger partial charge in [0.2, 0.25) is 17.8 Å². The molecule has 2 aromatic heterocycles. The number of rotatable bonds is 15. The maximum atomic E-state index is 5.56. The van der Waals surface area contributed by atoms with Crippen LogP contribution in [0.25, 0.3) is 0 Å². The molecule has 0 saturated heterocycles. The highest BCUT2D eigenvalue weighted by molar-refractivity contribution is 5.42. The molecule has 3 rings (SSSR count). The standard InChI is InChI=1S/C22H36N8O2/c23-9-12-31-14-15-32-13-11-25-20-28-21(26-16-18-6-2-1-3-7-18)30-22(29-20)27-17-19-8-4-5-10-24-19/h4-5,8,10,18H,1-3,6-7,9,11-17,23H2,(H3,25,26,27,28,29,30). The number of hydrogen-bond acceptors (Lipinski definition) is 10. The lowest BCUT2D eigenvalue weighted by Gasteiger charge is -2.21. The van der Waals surface area contributed by atoms with Gasteiger partial charge in [0.25, 0.3) is 0 Å². The molecule has 32 heavy (non-hydrogen) atoms. The summed E-state index contributed by atoms with van der Waals surface area (Å²) in [5, 5.41) is 9.88. The van der Waals surface area contributed by atoms with Crippen molar-refractivity contribution in [3.8, 4) is 0 Å². The summed E-state index contributed by atoms with van der Waals surface area (Å²) in [4.78, 5) is 17.9. The van der Waals surface area contributed by atoms with E-state index in [9.17, 15) is 0 Å². The summed E-state index contributed by atoms with van der Waals surface area (Å²) in [6, 6.07) is 5.82. The van der Waals surface area contributed by atoms with E-state index in [0.29, 0.717) is 69.8 Å². The van der Waals surface area contributed by atoms with E-state index < -0.39 is 0 Å². The molecule has 2 heterocycles. The number of pyridine rings is 1. The van der Waals surface area contributed by atoms with Crippen molar-refractivity contribution in [3.05, 3.63) is 30.1 Å². The highest BCUT2D eigenvalue weighted by atomic mass is 16.5. The van der Waals surface area contributed by atoms with Crippen LogP contribution < -0.4 is 21.7 Å². The van der Waals surface area contributed by atoms with Crippen LogP contribution in [0.5, 0.6) is 0 Å². The van der Waals surface area contributed by atoms with Crippen LogP contribution in [-0.2, 0) is 16.0 Å². The highest BCUT2D eigenvalue weighted by Crippen LogP contribution is 2.23. The second-order valence-corrected chi connectivity index (χ2v) is 7.81. The normalized spacial score (nSPS) is 14.3. The van der Waals surface area contributed by atoms with Crippen LogP contribution in [0.4, 0.5) is 17.8 Å². The quantitative estimate of drug-likeness (QED) is 0.303. The molecule has 0 aliphatic heterocycles. The SMILES string of the molecule is NCCOCCOCCNc1nc(NCc2ccccn2)nc(NCC2CCCCC2)n1. The second kappa shape index (κ2) is 14.5. The smallest absolute Gasteiger partial charge is 0.229 e. The van der Waals surface area contributed by atoms with E-state index in [-0.39, 0.29) is 0 Å². The maximum absolute atomic E-state index is 5.56. The van der Waals surface area contributed by atoms with Crippen molar-refractivity contribution in [2.45, 2.75) is 38.6 Å². The molecule has 1 saturated carbocycles. The first kappa shape index (κ1) is 24.1. The zero-order valence-corrected chi connectivity index (χ0v) is 18.8.